The quantitative estimate of drug-likeness (QED) is 0.327. The number of fused-ring (bicyclic) bond motifs is 3. The number of carbonyl (C=O) groups excluding carboxylic acids is 3. The maximum absolute atomic E-state index is 14.6. The van der Waals surface area contributed by atoms with Crippen LogP contribution in [0.25, 0.3) is 21.8 Å². The Morgan fingerprint density at radius 3 is 2.35 bits per heavy atom. The zero-order chi connectivity index (χ0) is 31.1. The monoisotopic (exact) mass is 590 g/mol. The highest BCUT2D eigenvalue weighted by Gasteiger charge is 2.31. The Morgan fingerprint density at radius 2 is 1.72 bits per heavy atom. The number of hydrogen-bond donors (Lipinski definition) is 1. The van der Waals surface area contributed by atoms with Crippen LogP contribution in [0.15, 0.2) is 53.3 Å². The summed E-state index contributed by atoms with van der Waals surface area (Å²) in [5.41, 5.74) is 0.0749. The zero-order valence-electron chi connectivity index (χ0n) is 24.9. The zero-order valence-corrected chi connectivity index (χ0v) is 24.9. The minimum atomic E-state index is -0.603. The molecule has 1 saturated heterocycles. The lowest BCUT2D eigenvalue weighted by Gasteiger charge is -2.33. The van der Waals surface area contributed by atoms with Gasteiger partial charge in [-0.15, -0.1) is 0 Å². The molecule has 2 amide bonds. The summed E-state index contributed by atoms with van der Waals surface area (Å²) < 4.78 is 28.5. The summed E-state index contributed by atoms with van der Waals surface area (Å²) in [7, 11) is 2.98. The molecule has 0 bridgehead atoms. The van der Waals surface area contributed by atoms with E-state index in [-0.39, 0.29) is 35.2 Å². The van der Waals surface area contributed by atoms with E-state index in [2.05, 4.69) is 5.32 Å². The Labute approximate surface area is 248 Å². The van der Waals surface area contributed by atoms with Gasteiger partial charge in [0.2, 0.25) is 0 Å². The SMILES string of the molecule is COc1c(C(=O)NC2CCN(C(=O)OC(C)(C)C)CC2)n(C)c2c1c(=O)n(CC(=O)c1ccccc1)c1ccc(F)cc21. The van der Waals surface area contributed by atoms with Gasteiger partial charge in [0.1, 0.15) is 16.8 Å². The molecule has 1 aliphatic heterocycles. The number of Topliss-reactive ketones (excluding diaryl/α,β-unsaturated/α-hetero) is 1. The predicted octanol–water partition coefficient (Wildman–Crippen LogP) is 4.65. The number of rotatable bonds is 6. The second kappa shape index (κ2) is 11.5. The molecule has 4 aromatic rings. The van der Waals surface area contributed by atoms with Crippen molar-refractivity contribution in [1.29, 1.82) is 0 Å². The summed E-state index contributed by atoms with van der Waals surface area (Å²) in [5.74, 6) is -1.25. The van der Waals surface area contributed by atoms with Crippen molar-refractivity contribution in [2.24, 2.45) is 7.05 Å². The number of hydrogen-bond acceptors (Lipinski definition) is 6. The maximum atomic E-state index is 14.6. The normalized spacial score (nSPS) is 14.2. The second-order valence-electron chi connectivity index (χ2n) is 11.7. The first kappa shape index (κ1) is 29.8. The van der Waals surface area contributed by atoms with Gasteiger partial charge in [0.25, 0.3) is 11.5 Å². The average molecular weight is 591 g/mol. The van der Waals surface area contributed by atoms with Crippen molar-refractivity contribution in [2.75, 3.05) is 20.2 Å². The number of piperidine rings is 1. The third-order valence-corrected chi connectivity index (χ3v) is 7.61. The number of ketones is 1. The van der Waals surface area contributed by atoms with Crippen molar-refractivity contribution in [3.8, 4) is 5.75 Å². The average Bonchev–Trinajstić information content (AvgIpc) is 3.27. The van der Waals surface area contributed by atoms with E-state index in [1.165, 1.54) is 34.4 Å². The molecule has 0 saturated carbocycles. The number of amides is 2. The first-order valence-electron chi connectivity index (χ1n) is 14.1. The van der Waals surface area contributed by atoms with Gasteiger partial charge in [-0.3, -0.25) is 19.0 Å². The number of likely N-dealkylation sites (tertiary alicyclic amines) is 1. The molecule has 3 heterocycles. The van der Waals surface area contributed by atoms with Crippen LogP contribution in [0.5, 0.6) is 5.75 Å². The molecular weight excluding hydrogens is 555 g/mol. The van der Waals surface area contributed by atoms with Gasteiger partial charge in [0.15, 0.2) is 17.2 Å². The maximum Gasteiger partial charge on any atom is 0.410 e. The number of aryl methyl sites for hydroxylation is 1. The number of ether oxygens (including phenoxy) is 2. The number of nitrogens with zero attached hydrogens (tertiary/aromatic N) is 3. The van der Waals surface area contributed by atoms with Crippen LogP contribution >= 0.6 is 0 Å². The molecule has 11 heteroatoms. The molecular formula is C32H35FN4O6. The third kappa shape index (κ3) is 5.84. The summed E-state index contributed by atoms with van der Waals surface area (Å²) >= 11 is 0. The number of benzene rings is 2. The van der Waals surface area contributed by atoms with E-state index < -0.39 is 29.0 Å². The molecule has 0 atom stereocenters. The predicted molar refractivity (Wildman–Crippen MR) is 160 cm³/mol. The smallest absolute Gasteiger partial charge is 0.410 e. The fraction of sp³-hybridized carbons (Fsp3) is 0.375. The fourth-order valence-corrected chi connectivity index (χ4v) is 5.61. The van der Waals surface area contributed by atoms with Crippen molar-refractivity contribution in [3.05, 3.63) is 76.0 Å². The molecule has 10 nitrogen and oxygen atoms in total. The van der Waals surface area contributed by atoms with Crippen LogP contribution in [0.2, 0.25) is 0 Å². The van der Waals surface area contributed by atoms with E-state index in [4.69, 9.17) is 9.47 Å². The van der Waals surface area contributed by atoms with Gasteiger partial charge < -0.3 is 24.3 Å². The van der Waals surface area contributed by atoms with E-state index in [0.29, 0.717) is 47.9 Å². The van der Waals surface area contributed by atoms with Crippen molar-refractivity contribution in [2.45, 2.75) is 51.8 Å². The molecule has 0 aliphatic carbocycles. The summed E-state index contributed by atoms with van der Waals surface area (Å²) in [6.07, 6.45) is 0.633. The lowest BCUT2D eigenvalue weighted by Crippen LogP contribution is -2.48. The van der Waals surface area contributed by atoms with Crippen LogP contribution in [-0.4, -0.2) is 63.7 Å². The summed E-state index contributed by atoms with van der Waals surface area (Å²) in [6, 6.07) is 12.3. The third-order valence-electron chi connectivity index (χ3n) is 7.61. The Balaban J connectivity index is 1.51. The summed E-state index contributed by atoms with van der Waals surface area (Å²) in [4.78, 5) is 54.9. The molecule has 226 valence electrons. The van der Waals surface area contributed by atoms with E-state index in [1.54, 1.807) is 42.3 Å². The summed E-state index contributed by atoms with van der Waals surface area (Å²) in [5, 5.41) is 3.45. The van der Waals surface area contributed by atoms with E-state index in [1.807, 2.05) is 20.8 Å². The molecule has 1 N–H and O–H groups in total. The van der Waals surface area contributed by atoms with Crippen LogP contribution in [0, 0.1) is 5.82 Å². The van der Waals surface area contributed by atoms with Gasteiger partial charge in [0.05, 0.1) is 24.7 Å². The van der Waals surface area contributed by atoms with Crippen LogP contribution < -0.4 is 15.6 Å². The van der Waals surface area contributed by atoms with E-state index >= 15 is 0 Å². The highest BCUT2D eigenvalue weighted by molar-refractivity contribution is 6.12. The molecule has 1 fully saturated rings. The van der Waals surface area contributed by atoms with Gasteiger partial charge in [0, 0.05) is 37.1 Å². The molecule has 2 aromatic carbocycles. The molecule has 1 aliphatic rings. The number of pyridine rings is 1. The topological polar surface area (TPSA) is 112 Å². The fourth-order valence-electron chi connectivity index (χ4n) is 5.61. The van der Waals surface area contributed by atoms with Gasteiger partial charge in [-0.25, -0.2) is 9.18 Å². The van der Waals surface area contributed by atoms with Gasteiger partial charge in [-0.1, -0.05) is 30.3 Å². The highest BCUT2D eigenvalue weighted by atomic mass is 19.1. The van der Waals surface area contributed by atoms with Crippen LogP contribution in [-0.2, 0) is 18.3 Å². The Hall–Kier alpha value is -4.67. The molecule has 0 radical (unpaired) electrons. The van der Waals surface area contributed by atoms with Crippen LogP contribution in [0.1, 0.15) is 54.5 Å². The Bertz CT molecular complexity index is 1780. The lowest BCUT2D eigenvalue weighted by atomic mass is 10.1. The van der Waals surface area contributed by atoms with Crippen molar-refractivity contribution >= 4 is 39.6 Å². The number of methoxy groups -OCH3 is 1. The number of nitrogens with one attached hydrogen (secondary N) is 1. The van der Waals surface area contributed by atoms with Crippen molar-refractivity contribution < 1.29 is 28.2 Å². The van der Waals surface area contributed by atoms with E-state index in [0.717, 1.165) is 0 Å². The number of carbonyl (C=O) groups is 3. The molecule has 43 heavy (non-hydrogen) atoms. The van der Waals surface area contributed by atoms with Gasteiger partial charge >= 0.3 is 6.09 Å². The molecule has 2 aromatic heterocycles. The van der Waals surface area contributed by atoms with Gasteiger partial charge in [-0.2, -0.15) is 0 Å². The second-order valence-corrected chi connectivity index (χ2v) is 11.7. The Kier molecular flexibility index (Phi) is 8.00. The Morgan fingerprint density at radius 1 is 1.05 bits per heavy atom. The minimum Gasteiger partial charge on any atom is -0.493 e. The number of aromatic nitrogens is 2. The molecule has 0 unspecified atom stereocenters. The molecule has 5 rings (SSSR count). The van der Waals surface area contributed by atoms with Crippen LogP contribution in [0.4, 0.5) is 9.18 Å². The van der Waals surface area contributed by atoms with Crippen LogP contribution in [0.3, 0.4) is 0 Å². The van der Waals surface area contributed by atoms with E-state index in [9.17, 15) is 23.6 Å². The largest absolute Gasteiger partial charge is 0.493 e. The minimum absolute atomic E-state index is 0.0401. The first-order valence-corrected chi connectivity index (χ1v) is 14.1. The standard InChI is InChI=1S/C32H35FN4O6/c1-32(2,3)43-31(41)36-15-13-21(14-16-36)34-29(39)27-28(42-5)25-26(35(27)4)22-17-20(33)11-12-23(22)37(30(25)40)18-24(38)19-9-7-6-8-10-19/h6-12,17,21H,13-16,18H2,1-5H3,(H,34,39). The van der Waals surface area contributed by atoms with Crippen molar-refractivity contribution in [1.82, 2.24) is 19.4 Å². The highest BCUT2D eigenvalue weighted by Crippen LogP contribution is 2.35. The van der Waals surface area contributed by atoms with Crippen molar-refractivity contribution in [3.63, 3.8) is 0 Å². The number of halogens is 1. The first-order chi connectivity index (χ1) is 20.4. The lowest BCUT2D eigenvalue weighted by molar-refractivity contribution is 0.0199. The summed E-state index contributed by atoms with van der Waals surface area (Å²) in [6.45, 7) is 5.97. The molecule has 0 spiro atoms. The van der Waals surface area contributed by atoms with Gasteiger partial charge in [-0.05, 0) is 51.8 Å².